The molecule has 2 aliphatic rings. The third-order valence-electron chi connectivity index (χ3n) is 5.20. The molecule has 2 fully saturated rings. The Balaban J connectivity index is 1.56. The van der Waals surface area contributed by atoms with E-state index in [9.17, 15) is 14.7 Å². The first-order valence-electron chi connectivity index (χ1n) is 8.91. The molecule has 3 rings (SSSR count). The third-order valence-corrected chi connectivity index (χ3v) is 5.20. The second-order valence-electron chi connectivity index (χ2n) is 7.39. The Morgan fingerprint density at radius 1 is 1.36 bits per heavy atom. The number of carbonyl (C=O) groups is 2. The van der Waals surface area contributed by atoms with Gasteiger partial charge in [-0.15, -0.1) is 0 Å². The maximum atomic E-state index is 12.7. The number of ether oxygens (including phenoxy) is 1. The minimum atomic E-state index is -0.923. The Labute approximate surface area is 148 Å². The van der Waals surface area contributed by atoms with Crippen molar-refractivity contribution in [3.05, 3.63) is 29.8 Å². The fraction of sp³-hybridized carbons (Fsp3) is 0.579. The van der Waals surface area contributed by atoms with Gasteiger partial charge in [-0.3, -0.25) is 9.69 Å². The zero-order chi connectivity index (χ0) is 18.0. The van der Waals surface area contributed by atoms with Gasteiger partial charge in [-0.05, 0) is 56.2 Å². The summed E-state index contributed by atoms with van der Waals surface area (Å²) in [5.74, 6) is 1.03. The lowest BCUT2D eigenvalue weighted by Crippen LogP contribution is -2.49. The summed E-state index contributed by atoms with van der Waals surface area (Å²) in [6.45, 7) is 4.11. The number of hydrogen-bond acceptors (Lipinski definition) is 4. The van der Waals surface area contributed by atoms with Crippen molar-refractivity contribution in [3.8, 4) is 5.75 Å². The smallest absolute Gasteiger partial charge is 0.325 e. The van der Waals surface area contributed by atoms with Crippen molar-refractivity contribution in [2.24, 2.45) is 5.92 Å². The summed E-state index contributed by atoms with van der Waals surface area (Å²) in [6.07, 6.45) is 2.28. The molecule has 0 bridgehead atoms. The molecule has 6 heteroatoms. The van der Waals surface area contributed by atoms with E-state index in [4.69, 9.17) is 4.74 Å². The van der Waals surface area contributed by atoms with Crippen molar-refractivity contribution in [1.29, 1.82) is 0 Å². The number of imide groups is 1. The molecule has 0 radical (unpaired) electrons. The van der Waals surface area contributed by atoms with Crippen molar-refractivity contribution in [2.45, 2.75) is 51.2 Å². The van der Waals surface area contributed by atoms with Crippen LogP contribution in [0.15, 0.2) is 24.3 Å². The fourth-order valence-corrected chi connectivity index (χ4v) is 3.60. The molecule has 3 amide bonds. The van der Waals surface area contributed by atoms with E-state index in [2.05, 4.69) is 12.2 Å². The number of aliphatic hydroxyl groups excluding tert-OH is 1. The van der Waals surface area contributed by atoms with Gasteiger partial charge in [0.15, 0.2) is 0 Å². The molecule has 2 N–H and O–H groups in total. The molecule has 136 valence electrons. The summed E-state index contributed by atoms with van der Waals surface area (Å²) < 4.78 is 5.56. The maximum absolute atomic E-state index is 12.7. The molecule has 1 aromatic carbocycles. The number of hydrogen-bond donors (Lipinski definition) is 2. The highest BCUT2D eigenvalue weighted by Gasteiger charge is 2.52. The van der Waals surface area contributed by atoms with E-state index in [0.29, 0.717) is 24.5 Å². The molecule has 0 unspecified atom stereocenters. The predicted molar refractivity (Wildman–Crippen MR) is 93.3 cm³/mol. The van der Waals surface area contributed by atoms with Gasteiger partial charge in [0.1, 0.15) is 24.0 Å². The standard InChI is InChI=1S/C19H26N2O4/c1-13-6-8-19(9-7-13)17(23)21(18(24)20-19)11-15(22)12-25-16-5-3-4-14(2)10-16/h3-5,10,13,15,22H,6-9,11-12H2,1-2H3,(H,20,24)/t13?,15-,19?/m0/s1. The van der Waals surface area contributed by atoms with Crippen LogP contribution in [0, 0.1) is 12.8 Å². The molecule has 1 saturated heterocycles. The van der Waals surface area contributed by atoms with Crippen LogP contribution in [0.5, 0.6) is 5.75 Å². The van der Waals surface area contributed by atoms with Crippen LogP contribution < -0.4 is 10.1 Å². The van der Waals surface area contributed by atoms with Gasteiger partial charge in [-0.25, -0.2) is 4.79 Å². The van der Waals surface area contributed by atoms with Gasteiger partial charge in [0.05, 0.1) is 6.54 Å². The average molecular weight is 346 g/mol. The molecular formula is C19H26N2O4. The van der Waals surface area contributed by atoms with E-state index in [1.165, 1.54) is 0 Å². The predicted octanol–water partition coefficient (Wildman–Crippen LogP) is 2.24. The first kappa shape index (κ1) is 17.7. The SMILES string of the molecule is Cc1cccc(OC[C@@H](O)CN2C(=O)NC3(CCC(C)CC3)C2=O)c1. The molecule has 1 aliphatic carbocycles. The van der Waals surface area contributed by atoms with Crippen LogP contribution in [0.1, 0.15) is 38.2 Å². The van der Waals surface area contributed by atoms with Gasteiger partial charge in [0, 0.05) is 0 Å². The monoisotopic (exact) mass is 346 g/mol. The summed E-state index contributed by atoms with van der Waals surface area (Å²) >= 11 is 0. The first-order chi connectivity index (χ1) is 11.9. The van der Waals surface area contributed by atoms with Gasteiger partial charge in [0.25, 0.3) is 5.91 Å². The van der Waals surface area contributed by atoms with Crippen LogP contribution in [-0.2, 0) is 4.79 Å². The van der Waals surface area contributed by atoms with Crippen LogP contribution in [-0.4, -0.2) is 46.7 Å². The average Bonchev–Trinajstić information content (AvgIpc) is 2.80. The van der Waals surface area contributed by atoms with Crippen molar-refractivity contribution < 1.29 is 19.4 Å². The molecule has 0 aromatic heterocycles. The zero-order valence-electron chi connectivity index (χ0n) is 14.8. The molecule has 1 atom stereocenters. The largest absolute Gasteiger partial charge is 0.491 e. The number of amides is 3. The zero-order valence-corrected chi connectivity index (χ0v) is 14.8. The summed E-state index contributed by atoms with van der Waals surface area (Å²) in [4.78, 5) is 26.1. The van der Waals surface area contributed by atoms with E-state index in [1.807, 2.05) is 31.2 Å². The molecular weight excluding hydrogens is 320 g/mol. The van der Waals surface area contributed by atoms with Gasteiger partial charge in [-0.2, -0.15) is 0 Å². The normalized spacial score (nSPS) is 27.5. The topological polar surface area (TPSA) is 78.9 Å². The lowest BCUT2D eigenvalue weighted by molar-refractivity contribution is -0.133. The lowest BCUT2D eigenvalue weighted by atomic mass is 9.77. The van der Waals surface area contributed by atoms with Crippen LogP contribution >= 0.6 is 0 Å². The number of carbonyl (C=O) groups excluding carboxylic acids is 2. The van der Waals surface area contributed by atoms with Gasteiger partial charge < -0.3 is 15.2 Å². The van der Waals surface area contributed by atoms with Crippen molar-refractivity contribution >= 4 is 11.9 Å². The van der Waals surface area contributed by atoms with E-state index in [1.54, 1.807) is 0 Å². The number of nitrogens with one attached hydrogen (secondary N) is 1. The maximum Gasteiger partial charge on any atom is 0.325 e. The first-order valence-corrected chi connectivity index (χ1v) is 8.91. The molecule has 6 nitrogen and oxygen atoms in total. The van der Waals surface area contributed by atoms with Gasteiger partial charge in [0.2, 0.25) is 0 Å². The van der Waals surface area contributed by atoms with Gasteiger partial charge in [-0.1, -0.05) is 19.1 Å². The van der Waals surface area contributed by atoms with Crippen LogP contribution in [0.4, 0.5) is 4.79 Å². The molecule has 1 aliphatic heterocycles. The van der Waals surface area contributed by atoms with E-state index in [0.717, 1.165) is 23.3 Å². The minimum Gasteiger partial charge on any atom is -0.491 e. The molecule has 25 heavy (non-hydrogen) atoms. The Morgan fingerprint density at radius 3 is 2.76 bits per heavy atom. The molecule has 1 saturated carbocycles. The second kappa shape index (κ2) is 7.04. The highest BCUT2D eigenvalue weighted by molar-refractivity contribution is 6.07. The Hall–Kier alpha value is -2.08. The number of nitrogens with zero attached hydrogens (tertiary/aromatic N) is 1. The van der Waals surface area contributed by atoms with Crippen molar-refractivity contribution in [2.75, 3.05) is 13.2 Å². The molecule has 1 spiro atoms. The van der Waals surface area contributed by atoms with E-state index >= 15 is 0 Å². The third kappa shape index (κ3) is 3.79. The number of aliphatic hydroxyl groups is 1. The summed E-state index contributed by atoms with van der Waals surface area (Å²) in [5, 5.41) is 13.1. The Morgan fingerprint density at radius 2 is 2.08 bits per heavy atom. The molecule has 1 aromatic rings. The number of urea groups is 1. The highest BCUT2D eigenvalue weighted by atomic mass is 16.5. The number of aryl methyl sites for hydroxylation is 1. The quantitative estimate of drug-likeness (QED) is 0.802. The number of rotatable bonds is 5. The van der Waals surface area contributed by atoms with Gasteiger partial charge >= 0.3 is 6.03 Å². The second-order valence-corrected chi connectivity index (χ2v) is 7.39. The van der Waals surface area contributed by atoms with Crippen LogP contribution in [0.3, 0.4) is 0 Å². The number of benzene rings is 1. The van der Waals surface area contributed by atoms with Crippen molar-refractivity contribution in [3.63, 3.8) is 0 Å². The lowest BCUT2D eigenvalue weighted by Gasteiger charge is -2.33. The van der Waals surface area contributed by atoms with E-state index in [-0.39, 0.29) is 19.1 Å². The minimum absolute atomic E-state index is 0.0323. The summed E-state index contributed by atoms with van der Waals surface area (Å²) in [6, 6.07) is 7.11. The number of β-amino-alcohol motifs (C(OH)–C–C–N with tert-alkyl or cyclic N) is 1. The fourth-order valence-electron chi connectivity index (χ4n) is 3.60. The Kier molecular flexibility index (Phi) is 4.99. The molecule has 1 heterocycles. The van der Waals surface area contributed by atoms with Crippen LogP contribution in [0.2, 0.25) is 0 Å². The highest BCUT2D eigenvalue weighted by Crippen LogP contribution is 2.36. The Bertz CT molecular complexity index is 653. The van der Waals surface area contributed by atoms with Crippen molar-refractivity contribution in [1.82, 2.24) is 10.2 Å². The van der Waals surface area contributed by atoms with E-state index < -0.39 is 17.7 Å². The summed E-state index contributed by atoms with van der Waals surface area (Å²) in [5.41, 5.74) is 0.301. The van der Waals surface area contributed by atoms with Crippen LogP contribution in [0.25, 0.3) is 0 Å². The summed E-state index contributed by atoms with van der Waals surface area (Å²) in [7, 11) is 0.